The van der Waals surface area contributed by atoms with Gasteiger partial charge >= 0.3 is 0 Å². The number of nitrogens with one attached hydrogen (secondary N) is 2. The van der Waals surface area contributed by atoms with Crippen molar-refractivity contribution in [1.82, 2.24) is 9.78 Å². The Labute approximate surface area is 139 Å². The lowest BCUT2D eigenvalue weighted by Crippen LogP contribution is -2.16. The van der Waals surface area contributed by atoms with Crippen molar-refractivity contribution in [2.24, 2.45) is 0 Å². The summed E-state index contributed by atoms with van der Waals surface area (Å²) < 4.78 is 29.0. The molecule has 3 aromatic rings. The predicted octanol–water partition coefficient (Wildman–Crippen LogP) is 2.24. The van der Waals surface area contributed by atoms with Crippen molar-refractivity contribution >= 4 is 27.9 Å². The number of sulfonamides is 1. The second-order valence-electron chi connectivity index (χ2n) is 4.86. The summed E-state index contributed by atoms with van der Waals surface area (Å²) in [6.45, 7) is 0. The molecule has 1 amide bonds. The Bertz CT molecular complexity index is 935. The highest BCUT2D eigenvalue weighted by Crippen LogP contribution is 2.20. The minimum Gasteiger partial charge on any atom is -0.329 e. The molecule has 7 nitrogen and oxygen atoms in total. The molecule has 0 aliphatic rings. The molecule has 0 saturated heterocycles. The number of nitrogens with zero attached hydrogens (tertiary/aromatic N) is 2. The lowest BCUT2D eigenvalue weighted by atomic mass is 10.3. The van der Waals surface area contributed by atoms with E-state index < -0.39 is 10.0 Å². The zero-order valence-electron chi connectivity index (χ0n) is 12.5. The molecule has 0 bridgehead atoms. The highest BCUT2D eigenvalue weighted by molar-refractivity contribution is 7.92. The van der Waals surface area contributed by atoms with Gasteiger partial charge in [0.15, 0.2) is 0 Å². The van der Waals surface area contributed by atoms with Crippen molar-refractivity contribution in [3.8, 4) is 5.69 Å². The molecule has 0 aliphatic heterocycles. The third kappa shape index (κ3) is 3.28. The van der Waals surface area contributed by atoms with Gasteiger partial charge < -0.3 is 5.32 Å². The van der Waals surface area contributed by atoms with Gasteiger partial charge in [-0.05, 0) is 36.4 Å². The van der Waals surface area contributed by atoms with Gasteiger partial charge in [0.05, 0.1) is 16.8 Å². The number of hydrogen-bond donors (Lipinski definition) is 2. The van der Waals surface area contributed by atoms with Crippen LogP contribution in [-0.2, 0) is 14.8 Å². The molecule has 8 heteroatoms. The van der Waals surface area contributed by atoms with Crippen molar-refractivity contribution in [1.29, 1.82) is 0 Å². The van der Waals surface area contributed by atoms with Gasteiger partial charge in [-0.1, -0.05) is 18.2 Å². The van der Waals surface area contributed by atoms with Crippen molar-refractivity contribution in [2.45, 2.75) is 4.90 Å². The normalized spacial score (nSPS) is 11.0. The van der Waals surface area contributed by atoms with E-state index in [2.05, 4.69) is 15.1 Å². The fraction of sp³-hybridized carbons (Fsp3) is 0. The molecule has 0 saturated carbocycles. The van der Waals surface area contributed by atoms with E-state index in [0.717, 1.165) is 5.69 Å². The molecule has 1 heterocycles. The van der Waals surface area contributed by atoms with E-state index in [1.807, 2.05) is 30.3 Å². The monoisotopic (exact) mass is 342 g/mol. The van der Waals surface area contributed by atoms with E-state index in [0.29, 0.717) is 17.9 Å². The molecule has 0 unspecified atom stereocenters. The second kappa shape index (κ2) is 6.55. The van der Waals surface area contributed by atoms with Crippen LogP contribution in [0.25, 0.3) is 5.69 Å². The fourth-order valence-electron chi connectivity index (χ4n) is 2.15. The first-order chi connectivity index (χ1) is 11.6. The largest absolute Gasteiger partial charge is 0.329 e. The van der Waals surface area contributed by atoms with Crippen molar-refractivity contribution in [3.63, 3.8) is 0 Å². The number of aromatic nitrogens is 2. The number of carbonyl (C=O) groups is 1. The maximum atomic E-state index is 12.5. The summed E-state index contributed by atoms with van der Waals surface area (Å²) in [5.74, 6) is 0.330. The summed E-state index contributed by atoms with van der Waals surface area (Å²) in [6, 6.07) is 16.6. The number of para-hydroxylation sites is 1. The molecule has 0 fully saturated rings. The van der Waals surface area contributed by atoms with Crippen LogP contribution >= 0.6 is 0 Å². The van der Waals surface area contributed by atoms with Gasteiger partial charge in [0.1, 0.15) is 5.82 Å². The van der Waals surface area contributed by atoms with Crippen LogP contribution in [0.2, 0.25) is 0 Å². The van der Waals surface area contributed by atoms with Crippen molar-refractivity contribution in [2.75, 3.05) is 10.0 Å². The van der Waals surface area contributed by atoms with E-state index in [9.17, 15) is 13.2 Å². The zero-order chi connectivity index (χ0) is 17.0. The van der Waals surface area contributed by atoms with Gasteiger partial charge in [0.25, 0.3) is 10.0 Å². The van der Waals surface area contributed by atoms with Crippen LogP contribution in [0.1, 0.15) is 0 Å². The molecule has 0 aliphatic carbocycles. The highest BCUT2D eigenvalue weighted by Gasteiger charge is 2.17. The van der Waals surface area contributed by atoms with Crippen LogP contribution in [0, 0.1) is 0 Å². The number of anilines is 2. The van der Waals surface area contributed by atoms with Gasteiger partial charge in [-0.2, -0.15) is 5.10 Å². The zero-order valence-corrected chi connectivity index (χ0v) is 13.3. The van der Waals surface area contributed by atoms with Gasteiger partial charge in [0.2, 0.25) is 6.41 Å². The molecule has 0 spiro atoms. The van der Waals surface area contributed by atoms with Crippen molar-refractivity contribution < 1.29 is 13.2 Å². The second-order valence-corrected chi connectivity index (χ2v) is 6.54. The fourth-order valence-corrected chi connectivity index (χ4v) is 3.19. The first kappa shape index (κ1) is 15.8. The Morgan fingerprint density at radius 1 is 0.958 bits per heavy atom. The number of rotatable bonds is 6. The summed E-state index contributed by atoms with van der Waals surface area (Å²) >= 11 is 0. The maximum Gasteiger partial charge on any atom is 0.263 e. The van der Waals surface area contributed by atoms with Gasteiger partial charge in [-0.3, -0.25) is 9.52 Å². The Kier molecular flexibility index (Phi) is 4.30. The van der Waals surface area contributed by atoms with Crippen LogP contribution in [0.15, 0.2) is 71.8 Å². The summed E-state index contributed by atoms with van der Waals surface area (Å²) in [4.78, 5) is 10.5. The van der Waals surface area contributed by atoms with Crippen molar-refractivity contribution in [3.05, 3.63) is 66.9 Å². The Morgan fingerprint density at radius 2 is 1.67 bits per heavy atom. The maximum absolute atomic E-state index is 12.5. The van der Waals surface area contributed by atoms with E-state index >= 15 is 0 Å². The van der Waals surface area contributed by atoms with Crippen LogP contribution < -0.4 is 10.0 Å². The first-order valence-electron chi connectivity index (χ1n) is 7.03. The molecular formula is C16H14N4O3S. The molecule has 24 heavy (non-hydrogen) atoms. The minimum atomic E-state index is -3.77. The molecule has 3 rings (SSSR count). The van der Waals surface area contributed by atoms with Gasteiger partial charge in [-0.25, -0.2) is 13.1 Å². The SMILES string of the molecule is O=CNc1ccc(S(=O)(=O)Nc2ccnn2-c2ccccc2)cc1. The molecule has 1 aromatic heterocycles. The molecule has 2 aromatic carbocycles. The molecule has 0 radical (unpaired) electrons. The molecule has 0 atom stereocenters. The third-order valence-electron chi connectivity index (χ3n) is 3.27. The van der Waals surface area contributed by atoms with Crippen LogP contribution in [-0.4, -0.2) is 24.6 Å². The van der Waals surface area contributed by atoms with E-state index in [1.54, 1.807) is 6.07 Å². The predicted molar refractivity (Wildman–Crippen MR) is 90.5 cm³/mol. The number of benzene rings is 2. The number of hydrogen-bond acceptors (Lipinski definition) is 4. The number of amides is 1. The summed E-state index contributed by atoms with van der Waals surface area (Å²) in [6.07, 6.45) is 2.04. The summed E-state index contributed by atoms with van der Waals surface area (Å²) in [5.41, 5.74) is 1.25. The lowest BCUT2D eigenvalue weighted by Gasteiger charge is -2.11. The molecule has 122 valence electrons. The Morgan fingerprint density at radius 3 is 2.33 bits per heavy atom. The average molecular weight is 342 g/mol. The smallest absolute Gasteiger partial charge is 0.263 e. The van der Waals surface area contributed by atoms with E-state index in [4.69, 9.17) is 0 Å². The lowest BCUT2D eigenvalue weighted by molar-refractivity contribution is -0.105. The third-order valence-corrected chi connectivity index (χ3v) is 4.64. The van der Waals surface area contributed by atoms with E-state index in [-0.39, 0.29) is 4.90 Å². The topological polar surface area (TPSA) is 93.1 Å². The van der Waals surface area contributed by atoms with Gasteiger partial charge in [0, 0.05) is 11.8 Å². The summed E-state index contributed by atoms with van der Waals surface area (Å²) in [7, 11) is -3.77. The first-order valence-corrected chi connectivity index (χ1v) is 8.51. The van der Waals surface area contributed by atoms with Gasteiger partial charge in [-0.15, -0.1) is 0 Å². The van der Waals surface area contributed by atoms with Crippen LogP contribution in [0.3, 0.4) is 0 Å². The van der Waals surface area contributed by atoms with Crippen LogP contribution in [0.4, 0.5) is 11.5 Å². The minimum absolute atomic E-state index is 0.0831. The molecular weight excluding hydrogens is 328 g/mol. The quantitative estimate of drug-likeness (QED) is 0.672. The Balaban J connectivity index is 1.88. The summed E-state index contributed by atoms with van der Waals surface area (Å²) in [5, 5.41) is 6.60. The average Bonchev–Trinajstić information content (AvgIpc) is 3.04. The number of carbonyl (C=O) groups excluding carboxylic acids is 1. The Hall–Kier alpha value is -3.13. The van der Waals surface area contributed by atoms with Crippen LogP contribution in [0.5, 0.6) is 0 Å². The highest BCUT2D eigenvalue weighted by atomic mass is 32.2. The molecule has 2 N–H and O–H groups in total. The standard InChI is InChI=1S/C16H14N4O3S/c21-12-17-13-6-8-15(9-7-13)24(22,23)19-16-10-11-18-20(16)14-4-2-1-3-5-14/h1-12,19H,(H,17,21). The van der Waals surface area contributed by atoms with E-state index in [1.165, 1.54) is 35.1 Å².